The Kier molecular flexibility index (Phi) is 3.88. The van der Waals surface area contributed by atoms with Crippen molar-refractivity contribution >= 4 is 0 Å². The standard InChI is InChI=1S/C15H16N2O4/c1-11(2)13-4-3-5-14(10-13)12-6-8-15(9-7-12,16(18)19)17(20)21/h3-12H,1-2H3. The third-order valence-electron chi connectivity index (χ3n) is 3.64. The van der Waals surface area contributed by atoms with Crippen LogP contribution >= 0.6 is 0 Å². The molecule has 0 unspecified atom stereocenters. The Bertz CT molecular complexity index is 604. The minimum atomic E-state index is -2.34. The summed E-state index contributed by atoms with van der Waals surface area (Å²) in [6.07, 6.45) is 5.15. The Balaban J connectivity index is 2.32. The second-order valence-corrected chi connectivity index (χ2v) is 5.37. The van der Waals surface area contributed by atoms with Crippen molar-refractivity contribution in [3.8, 4) is 0 Å². The lowest BCUT2D eigenvalue weighted by atomic mass is 9.89. The fraction of sp³-hybridized carbons (Fsp3) is 0.333. The van der Waals surface area contributed by atoms with Gasteiger partial charge in [0.15, 0.2) is 0 Å². The molecule has 0 N–H and O–H groups in total. The summed E-state index contributed by atoms with van der Waals surface area (Å²) in [5.41, 5.74) is -0.213. The zero-order valence-corrected chi connectivity index (χ0v) is 11.8. The molecule has 1 aromatic carbocycles. The zero-order valence-electron chi connectivity index (χ0n) is 11.8. The van der Waals surface area contributed by atoms with Crippen molar-refractivity contribution in [3.05, 3.63) is 79.9 Å². The van der Waals surface area contributed by atoms with Gasteiger partial charge in [-0.1, -0.05) is 50.3 Å². The van der Waals surface area contributed by atoms with E-state index in [1.807, 2.05) is 24.3 Å². The van der Waals surface area contributed by atoms with Gasteiger partial charge in [-0.3, -0.25) is 20.2 Å². The quantitative estimate of drug-likeness (QED) is 0.368. The van der Waals surface area contributed by atoms with Crippen molar-refractivity contribution in [2.24, 2.45) is 0 Å². The largest absolute Gasteiger partial charge is 0.497 e. The maximum Gasteiger partial charge on any atom is 0.497 e. The monoisotopic (exact) mass is 288 g/mol. The molecule has 0 bridgehead atoms. The highest BCUT2D eigenvalue weighted by molar-refractivity contribution is 5.36. The van der Waals surface area contributed by atoms with Crippen molar-refractivity contribution < 1.29 is 9.85 Å². The van der Waals surface area contributed by atoms with Crippen LogP contribution in [0.25, 0.3) is 0 Å². The van der Waals surface area contributed by atoms with Crippen molar-refractivity contribution in [3.63, 3.8) is 0 Å². The average molecular weight is 288 g/mol. The SMILES string of the molecule is CC(C)c1cccc(C2C=CC([N+](=O)[O-])([N+](=O)[O-])C=C2)c1. The first-order valence-corrected chi connectivity index (χ1v) is 6.64. The molecular weight excluding hydrogens is 272 g/mol. The van der Waals surface area contributed by atoms with Gasteiger partial charge in [-0.05, 0) is 17.0 Å². The fourth-order valence-electron chi connectivity index (χ4n) is 2.27. The van der Waals surface area contributed by atoms with Gasteiger partial charge < -0.3 is 0 Å². The van der Waals surface area contributed by atoms with Crippen LogP contribution in [0.3, 0.4) is 0 Å². The van der Waals surface area contributed by atoms with Gasteiger partial charge in [0.05, 0.1) is 12.2 Å². The second-order valence-electron chi connectivity index (χ2n) is 5.37. The lowest BCUT2D eigenvalue weighted by molar-refractivity contribution is -0.765. The maximum atomic E-state index is 11.0. The van der Waals surface area contributed by atoms with E-state index in [-0.39, 0.29) is 5.92 Å². The molecule has 0 heterocycles. The number of hydrogen-bond acceptors (Lipinski definition) is 4. The van der Waals surface area contributed by atoms with Gasteiger partial charge >= 0.3 is 5.66 Å². The first-order valence-electron chi connectivity index (χ1n) is 6.64. The highest BCUT2D eigenvalue weighted by Gasteiger charge is 2.52. The number of hydrogen-bond donors (Lipinski definition) is 0. The van der Waals surface area contributed by atoms with Crippen LogP contribution in [0.15, 0.2) is 48.6 Å². The Labute approximate surface area is 122 Å². The molecule has 0 atom stereocenters. The fourth-order valence-corrected chi connectivity index (χ4v) is 2.27. The van der Waals surface area contributed by atoms with Gasteiger partial charge in [-0.2, -0.15) is 0 Å². The third-order valence-corrected chi connectivity index (χ3v) is 3.64. The Morgan fingerprint density at radius 2 is 1.67 bits per heavy atom. The summed E-state index contributed by atoms with van der Waals surface area (Å²) in [6.45, 7) is 4.16. The molecular formula is C15H16N2O4. The van der Waals surface area contributed by atoms with E-state index in [9.17, 15) is 20.2 Å². The smallest absolute Gasteiger partial charge is 0.258 e. The van der Waals surface area contributed by atoms with Crippen molar-refractivity contribution in [2.75, 3.05) is 0 Å². The second kappa shape index (κ2) is 5.47. The van der Waals surface area contributed by atoms with Gasteiger partial charge in [0.2, 0.25) is 0 Å². The summed E-state index contributed by atoms with van der Waals surface area (Å²) in [4.78, 5) is 20.2. The molecule has 1 aliphatic carbocycles. The molecule has 0 radical (unpaired) electrons. The van der Waals surface area contributed by atoms with E-state index in [1.54, 1.807) is 0 Å². The molecule has 0 spiro atoms. The molecule has 110 valence electrons. The highest BCUT2D eigenvalue weighted by atomic mass is 16.7. The van der Waals surface area contributed by atoms with Gasteiger partial charge in [0.25, 0.3) is 0 Å². The summed E-state index contributed by atoms with van der Waals surface area (Å²) in [6, 6.07) is 7.88. The molecule has 21 heavy (non-hydrogen) atoms. The van der Waals surface area contributed by atoms with E-state index in [2.05, 4.69) is 13.8 Å². The van der Waals surface area contributed by atoms with Crippen LogP contribution in [0, 0.1) is 20.2 Å². The molecule has 0 fully saturated rings. The molecule has 6 nitrogen and oxygen atoms in total. The predicted octanol–water partition coefficient (Wildman–Crippen LogP) is 3.27. The van der Waals surface area contributed by atoms with E-state index >= 15 is 0 Å². The number of nitrogens with zero attached hydrogens (tertiary/aromatic N) is 2. The van der Waals surface area contributed by atoms with Crippen LogP contribution in [0.4, 0.5) is 0 Å². The molecule has 0 aliphatic heterocycles. The zero-order chi connectivity index (χ0) is 15.6. The van der Waals surface area contributed by atoms with Gasteiger partial charge in [-0.25, -0.2) is 0 Å². The topological polar surface area (TPSA) is 86.3 Å². The minimum absolute atomic E-state index is 0.184. The Morgan fingerprint density at radius 3 is 2.14 bits per heavy atom. The molecule has 0 aromatic heterocycles. The normalized spacial score (nSPS) is 17.1. The van der Waals surface area contributed by atoms with Gasteiger partial charge in [0.1, 0.15) is 9.85 Å². The molecule has 0 saturated carbocycles. The average Bonchev–Trinajstić information content (AvgIpc) is 2.47. The van der Waals surface area contributed by atoms with Crippen LogP contribution in [-0.4, -0.2) is 15.5 Å². The van der Waals surface area contributed by atoms with Crippen molar-refractivity contribution in [1.29, 1.82) is 0 Å². The maximum absolute atomic E-state index is 11.0. The van der Waals surface area contributed by atoms with E-state index in [4.69, 9.17) is 0 Å². The molecule has 6 heteroatoms. The summed E-state index contributed by atoms with van der Waals surface area (Å²) >= 11 is 0. The predicted molar refractivity (Wildman–Crippen MR) is 78.3 cm³/mol. The summed E-state index contributed by atoms with van der Waals surface area (Å²) in [7, 11) is 0. The number of nitro groups is 2. The van der Waals surface area contributed by atoms with E-state index in [0.717, 1.165) is 23.3 Å². The summed E-state index contributed by atoms with van der Waals surface area (Å²) in [5.74, 6) is 0.190. The van der Waals surface area contributed by atoms with E-state index in [1.165, 1.54) is 12.2 Å². The Morgan fingerprint density at radius 1 is 1.10 bits per heavy atom. The van der Waals surface area contributed by atoms with Crippen LogP contribution in [-0.2, 0) is 0 Å². The number of rotatable bonds is 4. The van der Waals surface area contributed by atoms with Crippen LogP contribution in [0.2, 0.25) is 0 Å². The molecule has 0 amide bonds. The molecule has 0 saturated heterocycles. The van der Waals surface area contributed by atoms with Crippen LogP contribution < -0.4 is 0 Å². The van der Waals surface area contributed by atoms with E-state index in [0.29, 0.717) is 5.92 Å². The van der Waals surface area contributed by atoms with Crippen LogP contribution in [0.5, 0.6) is 0 Å². The lowest BCUT2D eigenvalue weighted by Gasteiger charge is -2.18. The first-order chi connectivity index (χ1) is 9.86. The number of benzene rings is 1. The summed E-state index contributed by atoms with van der Waals surface area (Å²) < 4.78 is 0. The summed E-state index contributed by atoms with van der Waals surface area (Å²) in [5, 5.41) is 21.9. The number of allylic oxidation sites excluding steroid dienone is 2. The first kappa shape index (κ1) is 14.9. The van der Waals surface area contributed by atoms with Gasteiger partial charge in [-0.15, -0.1) is 0 Å². The third kappa shape index (κ3) is 2.69. The highest BCUT2D eigenvalue weighted by Crippen LogP contribution is 2.30. The van der Waals surface area contributed by atoms with Crippen molar-refractivity contribution in [2.45, 2.75) is 31.3 Å². The van der Waals surface area contributed by atoms with Crippen LogP contribution in [0.1, 0.15) is 36.8 Å². The Hall–Kier alpha value is -2.50. The molecule has 2 rings (SSSR count). The van der Waals surface area contributed by atoms with Crippen molar-refractivity contribution in [1.82, 2.24) is 0 Å². The van der Waals surface area contributed by atoms with Gasteiger partial charge in [0, 0.05) is 5.92 Å². The van der Waals surface area contributed by atoms with E-state index < -0.39 is 15.5 Å². The molecule has 1 aliphatic rings. The minimum Gasteiger partial charge on any atom is -0.258 e. The molecule has 1 aromatic rings. The lowest BCUT2D eigenvalue weighted by Crippen LogP contribution is -2.43.